The summed E-state index contributed by atoms with van der Waals surface area (Å²) in [6, 6.07) is 0. The monoisotopic (exact) mass is 254 g/mol. The third kappa shape index (κ3) is 6.70. The van der Waals surface area contributed by atoms with Crippen LogP contribution in [-0.2, 0) is 14.2 Å². The third-order valence-electron chi connectivity index (χ3n) is 1.78. The van der Waals surface area contributed by atoms with Crippen LogP contribution in [-0.4, -0.2) is 44.1 Å². The van der Waals surface area contributed by atoms with E-state index in [1.54, 1.807) is 20.8 Å². The summed E-state index contributed by atoms with van der Waals surface area (Å²) in [5.41, 5.74) is 0. The van der Waals surface area contributed by atoms with E-state index in [0.717, 1.165) is 0 Å². The van der Waals surface area contributed by atoms with E-state index in [0.29, 0.717) is 0 Å². The van der Waals surface area contributed by atoms with Gasteiger partial charge in [0.15, 0.2) is 0 Å². The van der Waals surface area contributed by atoms with E-state index >= 15 is 0 Å². The molecule has 0 aliphatic carbocycles. The van der Waals surface area contributed by atoms with Crippen molar-refractivity contribution in [3.63, 3.8) is 0 Å². The zero-order valence-corrected chi connectivity index (χ0v) is 12.8. The molecule has 17 heavy (non-hydrogen) atoms. The van der Waals surface area contributed by atoms with Crippen molar-refractivity contribution >= 4 is 24.3 Å². The summed E-state index contributed by atoms with van der Waals surface area (Å²) >= 11 is 0. The fourth-order valence-electron chi connectivity index (χ4n) is 1.14. The first-order valence-corrected chi connectivity index (χ1v) is 5.27. The van der Waals surface area contributed by atoms with Crippen molar-refractivity contribution in [3.8, 4) is 0 Å². The number of hydrogen-bond acceptors (Lipinski definition) is 6. The molecular formula is C9H16BNaO6. The molecule has 0 heterocycles. The molecule has 0 aromatic carbocycles. The van der Waals surface area contributed by atoms with E-state index in [9.17, 15) is 14.4 Å². The molecule has 0 aliphatic heterocycles. The molecule has 6 nitrogen and oxygen atoms in total. The van der Waals surface area contributed by atoms with E-state index in [1.807, 2.05) is 0 Å². The van der Waals surface area contributed by atoms with Crippen molar-refractivity contribution < 1.29 is 58.2 Å². The van der Waals surface area contributed by atoms with Gasteiger partial charge in [-0.15, -0.1) is 0 Å². The van der Waals surface area contributed by atoms with Crippen LogP contribution < -0.4 is 29.6 Å². The maximum atomic E-state index is 11.4. The van der Waals surface area contributed by atoms with Gasteiger partial charge < -0.3 is 28.6 Å². The molecule has 0 unspecified atom stereocenters. The summed E-state index contributed by atoms with van der Waals surface area (Å²) in [7, 11) is 0. The average molecular weight is 254 g/mol. The minimum absolute atomic E-state index is 0. The van der Waals surface area contributed by atoms with Crippen LogP contribution in [0.15, 0.2) is 0 Å². The van der Waals surface area contributed by atoms with Crippen LogP contribution in [0, 0.1) is 0 Å². The fraction of sp³-hybridized carbons (Fsp3) is 0.667. The van der Waals surface area contributed by atoms with Crippen LogP contribution in [0.4, 0.5) is 14.4 Å². The molecule has 0 amide bonds. The molecular weight excluding hydrogens is 238 g/mol. The van der Waals surface area contributed by atoms with Gasteiger partial charge in [-0.3, -0.25) is 0 Å². The van der Waals surface area contributed by atoms with Crippen LogP contribution in [0.3, 0.4) is 0 Å². The quantitative estimate of drug-likeness (QED) is 0.421. The summed E-state index contributed by atoms with van der Waals surface area (Å²) in [6.45, 7) is 2.51. The predicted molar refractivity (Wildman–Crippen MR) is 58.2 cm³/mol. The van der Waals surface area contributed by atoms with Crippen molar-refractivity contribution in [2.45, 2.75) is 20.8 Å². The van der Waals surface area contributed by atoms with Crippen molar-refractivity contribution in [2.24, 2.45) is 0 Å². The second kappa shape index (κ2) is 10.6. The Balaban J connectivity index is 0. The molecule has 0 aliphatic rings. The van der Waals surface area contributed by atoms with Crippen molar-refractivity contribution in [2.75, 3.05) is 19.8 Å². The minimum Gasteiger partial charge on any atom is -0.499 e. The number of carbonyl (C=O) groups excluding carboxylic acids is 3. The molecule has 0 rings (SSSR count). The number of hydrogen-bond donors (Lipinski definition) is 0. The van der Waals surface area contributed by atoms with Gasteiger partial charge in [0.1, 0.15) is 17.6 Å². The third-order valence-corrected chi connectivity index (χ3v) is 1.78. The van der Waals surface area contributed by atoms with Gasteiger partial charge in [-0.05, 0) is 20.8 Å². The Bertz CT molecular complexity index is 227. The van der Waals surface area contributed by atoms with Gasteiger partial charge in [0, 0.05) is 0 Å². The van der Waals surface area contributed by atoms with Crippen LogP contribution in [0.2, 0.25) is 0 Å². The van der Waals surface area contributed by atoms with Gasteiger partial charge in [0.2, 0.25) is 0 Å². The summed E-state index contributed by atoms with van der Waals surface area (Å²) in [6.07, 6.45) is 0. The molecule has 0 spiro atoms. The fourth-order valence-corrected chi connectivity index (χ4v) is 1.14. The van der Waals surface area contributed by atoms with E-state index in [2.05, 4.69) is 14.2 Å². The van der Waals surface area contributed by atoms with E-state index in [1.165, 1.54) is 0 Å². The van der Waals surface area contributed by atoms with E-state index in [-0.39, 0.29) is 49.4 Å². The van der Waals surface area contributed by atoms with Gasteiger partial charge in [0.25, 0.3) is 0 Å². The summed E-state index contributed by atoms with van der Waals surface area (Å²) in [4.78, 5) is 34.2. The van der Waals surface area contributed by atoms with Gasteiger partial charge in [-0.25, -0.2) is 0 Å². The SMILES string of the molecule is CCOC(=O)[BH-](C(=O)OCC)C(=O)OCC.[Na+]. The van der Waals surface area contributed by atoms with E-state index in [4.69, 9.17) is 0 Å². The second-order valence-electron chi connectivity index (χ2n) is 2.95. The molecule has 0 N–H and O–H groups in total. The molecule has 8 heteroatoms. The van der Waals surface area contributed by atoms with Crippen molar-refractivity contribution in [3.05, 3.63) is 0 Å². The Morgan fingerprint density at radius 3 is 1.18 bits per heavy atom. The normalized spacial score (nSPS) is 9.18. The average Bonchev–Trinajstić information content (AvgIpc) is 2.19. The molecule has 0 aromatic heterocycles. The zero-order valence-electron chi connectivity index (χ0n) is 10.8. The number of ether oxygens (including phenoxy) is 3. The first-order chi connectivity index (χ1) is 7.58. The number of rotatable bonds is 6. The Hall–Kier alpha value is -0.525. The summed E-state index contributed by atoms with van der Waals surface area (Å²) < 4.78 is 13.9. The molecule has 0 saturated carbocycles. The number of carbonyl (C=O) groups is 3. The molecule has 92 valence electrons. The molecule has 0 fully saturated rings. The summed E-state index contributed by atoms with van der Waals surface area (Å²) in [5, 5.41) is 0. The van der Waals surface area contributed by atoms with Gasteiger partial charge >= 0.3 is 36.3 Å². The Kier molecular flexibility index (Phi) is 11.8. The van der Waals surface area contributed by atoms with Crippen molar-refractivity contribution in [1.29, 1.82) is 0 Å². The predicted octanol–water partition coefficient (Wildman–Crippen LogP) is -1.57. The zero-order chi connectivity index (χ0) is 12.6. The van der Waals surface area contributed by atoms with Crippen LogP contribution in [0.5, 0.6) is 0 Å². The van der Waals surface area contributed by atoms with Crippen LogP contribution >= 0.6 is 0 Å². The van der Waals surface area contributed by atoms with Gasteiger partial charge in [0.05, 0.1) is 19.8 Å². The van der Waals surface area contributed by atoms with E-state index < -0.39 is 24.3 Å². The molecule has 0 atom stereocenters. The summed E-state index contributed by atoms with van der Waals surface area (Å²) in [5.74, 6) is -2.58. The van der Waals surface area contributed by atoms with Crippen LogP contribution in [0.25, 0.3) is 0 Å². The first kappa shape index (κ1) is 18.8. The van der Waals surface area contributed by atoms with Gasteiger partial charge in [-0.1, -0.05) is 0 Å². The maximum Gasteiger partial charge on any atom is 1.00 e. The maximum absolute atomic E-state index is 11.4. The Morgan fingerprint density at radius 1 is 0.765 bits per heavy atom. The Morgan fingerprint density at radius 2 is 1.00 bits per heavy atom. The second-order valence-corrected chi connectivity index (χ2v) is 2.95. The van der Waals surface area contributed by atoms with Crippen LogP contribution in [0.1, 0.15) is 20.8 Å². The first-order valence-electron chi connectivity index (χ1n) is 5.27. The molecule has 0 aromatic rings. The largest absolute Gasteiger partial charge is 1.00 e. The van der Waals surface area contributed by atoms with Crippen molar-refractivity contribution in [1.82, 2.24) is 0 Å². The molecule has 0 saturated heterocycles. The molecule has 0 bridgehead atoms. The molecule has 0 radical (unpaired) electrons. The topological polar surface area (TPSA) is 78.9 Å². The van der Waals surface area contributed by atoms with Gasteiger partial charge in [-0.2, -0.15) is 0 Å². The smallest absolute Gasteiger partial charge is 0.499 e. The minimum atomic E-state index is -2.55. The standard InChI is InChI=1S/C9H16BO6.Na/c1-4-14-7(11)10(8(12)15-5-2)9(13)16-6-3;/h10H,4-6H2,1-3H3;/q-1;+1. The Labute approximate surface area is 123 Å².